The van der Waals surface area contributed by atoms with E-state index in [-0.39, 0.29) is 28.2 Å². The molecule has 0 bridgehead atoms. The molecule has 38 heavy (non-hydrogen) atoms. The van der Waals surface area contributed by atoms with Crippen LogP contribution in [0.3, 0.4) is 0 Å². The van der Waals surface area contributed by atoms with E-state index in [0.717, 1.165) is 63.9 Å². The van der Waals surface area contributed by atoms with Crippen molar-refractivity contribution < 1.29 is 33.8 Å². The lowest BCUT2D eigenvalue weighted by molar-refractivity contribution is -0.125. The summed E-state index contributed by atoms with van der Waals surface area (Å²) in [5.74, 6) is 1.43. The third kappa shape index (κ3) is 6.12. The van der Waals surface area contributed by atoms with Crippen molar-refractivity contribution >= 4 is 34.7 Å². The number of aromatic hydroxyl groups is 1. The number of amides is 4. The second kappa shape index (κ2) is 11.1. The smallest absolute Gasteiger partial charge is 0.286 e. The lowest BCUT2D eigenvalue weighted by Gasteiger charge is -2.37. The minimum Gasteiger partial charge on any atom is -0.507 e. The van der Waals surface area contributed by atoms with Gasteiger partial charge in [0.15, 0.2) is 0 Å². The number of fused-ring (bicyclic) bond motifs is 1. The van der Waals surface area contributed by atoms with Crippen LogP contribution in [0.25, 0.3) is 0 Å². The van der Waals surface area contributed by atoms with Crippen LogP contribution in [0.5, 0.6) is 17.2 Å². The van der Waals surface area contributed by atoms with E-state index >= 15 is 0 Å². The summed E-state index contributed by atoms with van der Waals surface area (Å²) in [4.78, 5) is 43.3. The second-order valence-electron chi connectivity index (χ2n) is 10.1. The molecular formula is C28H32N2O7S. The van der Waals surface area contributed by atoms with E-state index in [1.807, 2.05) is 52.0 Å². The first-order chi connectivity index (χ1) is 18.0. The first-order valence-corrected chi connectivity index (χ1v) is 13.4. The van der Waals surface area contributed by atoms with Gasteiger partial charge in [-0.05, 0) is 81.3 Å². The molecular weight excluding hydrogens is 508 g/mol. The van der Waals surface area contributed by atoms with Crippen LogP contribution < -0.4 is 20.1 Å². The quantitative estimate of drug-likeness (QED) is 0.488. The molecule has 2 unspecified atom stereocenters. The van der Waals surface area contributed by atoms with Gasteiger partial charge in [-0.1, -0.05) is 23.9 Å². The summed E-state index contributed by atoms with van der Waals surface area (Å²) in [5.41, 5.74) is 4.31. The van der Waals surface area contributed by atoms with Gasteiger partial charge in [-0.3, -0.25) is 29.8 Å². The molecule has 10 heteroatoms. The van der Waals surface area contributed by atoms with Crippen LogP contribution in [0.15, 0.2) is 24.3 Å². The molecule has 2 aromatic carbocycles. The number of carbonyl (C=O) groups is 4. The van der Waals surface area contributed by atoms with E-state index in [4.69, 9.17) is 9.47 Å². The van der Waals surface area contributed by atoms with E-state index in [9.17, 15) is 24.3 Å². The third-order valence-electron chi connectivity index (χ3n) is 7.11. The molecule has 4 amide bonds. The second-order valence-corrected chi connectivity index (χ2v) is 11.3. The van der Waals surface area contributed by atoms with Crippen molar-refractivity contribution in [1.82, 2.24) is 10.6 Å². The first kappa shape index (κ1) is 27.5. The van der Waals surface area contributed by atoms with Crippen LogP contribution in [0.4, 0.5) is 4.79 Å². The van der Waals surface area contributed by atoms with Crippen molar-refractivity contribution in [2.45, 2.75) is 70.7 Å². The van der Waals surface area contributed by atoms with Crippen LogP contribution in [-0.2, 0) is 27.2 Å². The van der Waals surface area contributed by atoms with Crippen molar-refractivity contribution in [2.75, 3.05) is 6.61 Å². The van der Waals surface area contributed by atoms with Gasteiger partial charge in [0.25, 0.3) is 5.24 Å². The number of phenolic OH excluding ortho intramolecular Hbond substituents is 1. The maximum atomic E-state index is 11.7. The number of thioether (sulfide) groups is 1. The highest BCUT2D eigenvalue weighted by Gasteiger charge is 2.35. The van der Waals surface area contributed by atoms with Crippen LogP contribution in [0.1, 0.15) is 54.0 Å². The summed E-state index contributed by atoms with van der Waals surface area (Å²) in [6.45, 7) is 8.28. The van der Waals surface area contributed by atoms with Crippen LogP contribution in [0.2, 0.25) is 0 Å². The van der Waals surface area contributed by atoms with E-state index in [1.165, 1.54) is 0 Å². The number of hydrogen-bond donors (Lipinski definition) is 3. The van der Waals surface area contributed by atoms with E-state index < -0.39 is 5.60 Å². The van der Waals surface area contributed by atoms with Crippen molar-refractivity contribution in [3.05, 3.63) is 52.1 Å². The Labute approximate surface area is 225 Å². The molecule has 3 heterocycles. The van der Waals surface area contributed by atoms with E-state index in [0.29, 0.717) is 31.6 Å². The Morgan fingerprint density at radius 1 is 0.974 bits per heavy atom. The fourth-order valence-electron chi connectivity index (χ4n) is 4.60. The highest BCUT2D eigenvalue weighted by molar-refractivity contribution is 8.15. The molecule has 202 valence electrons. The molecule has 2 fully saturated rings. The molecule has 3 aliphatic heterocycles. The van der Waals surface area contributed by atoms with Crippen molar-refractivity contribution in [2.24, 2.45) is 0 Å². The normalized spacial score (nSPS) is 22.2. The number of nitrogens with one attached hydrogen (secondary N) is 2. The SMILES string of the molecule is Cc1c(C)c2c(c(C)c1O)CCC(C)(COc1ccc(CC3SC(=O)NC3=O)cc1)O2.O=C1CCC(=O)N1. The zero-order valence-electron chi connectivity index (χ0n) is 21.9. The maximum absolute atomic E-state index is 11.7. The highest BCUT2D eigenvalue weighted by atomic mass is 32.2. The molecule has 2 atom stereocenters. The summed E-state index contributed by atoms with van der Waals surface area (Å²) < 4.78 is 12.4. The van der Waals surface area contributed by atoms with Gasteiger partial charge in [0.1, 0.15) is 29.5 Å². The molecule has 0 aromatic heterocycles. The topological polar surface area (TPSA) is 131 Å². The summed E-state index contributed by atoms with van der Waals surface area (Å²) in [6.07, 6.45) is 2.88. The molecule has 2 aromatic rings. The number of rotatable bonds is 5. The molecule has 9 nitrogen and oxygen atoms in total. The van der Waals surface area contributed by atoms with Gasteiger partial charge < -0.3 is 14.6 Å². The Bertz CT molecular complexity index is 1280. The lowest BCUT2D eigenvalue weighted by Crippen LogP contribution is -2.42. The average molecular weight is 541 g/mol. The van der Waals surface area contributed by atoms with Crippen LogP contribution in [0, 0.1) is 20.8 Å². The summed E-state index contributed by atoms with van der Waals surface area (Å²) >= 11 is 1.04. The molecule has 0 aliphatic carbocycles. The zero-order chi connectivity index (χ0) is 27.6. The Kier molecular flexibility index (Phi) is 8.01. The number of ether oxygens (including phenoxy) is 2. The predicted octanol–water partition coefficient (Wildman–Crippen LogP) is 3.80. The number of carbonyl (C=O) groups excluding carboxylic acids is 4. The molecule has 5 rings (SSSR count). The van der Waals surface area contributed by atoms with Gasteiger partial charge in [-0.2, -0.15) is 0 Å². The van der Waals surface area contributed by atoms with Gasteiger partial charge >= 0.3 is 0 Å². The van der Waals surface area contributed by atoms with Crippen molar-refractivity contribution in [3.63, 3.8) is 0 Å². The lowest BCUT2D eigenvalue weighted by atomic mass is 9.87. The fraction of sp³-hybridized carbons (Fsp3) is 0.429. The highest BCUT2D eigenvalue weighted by Crippen LogP contribution is 2.43. The van der Waals surface area contributed by atoms with Crippen LogP contribution >= 0.6 is 11.8 Å². The minimum absolute atomic E-state index is 0.148. The Hall–Kier alpha value is -3.53. The number of hydrogen-bond acceptors (Lipinski definition) is 8. The monoisotopic (exact) mass is 540 g/mol. The fourth-order valence-corrected chi connectivity index (χ4v) is 5.46. The minimum atomic E-state index is -0.467. The van der Waals surface area contributed by atoms with Crippen LogP contribution in [-0.4, -0.2) is 45.5 Å². The number of benzene rings is 2. The van der Waals surface area contributed by atoms with Gasteiger partial charge in [-0.25, -0.2) is 0 Å². The van der Waals surface area contributed by atoms with Crippen molar-refractivity contribution in [1.29, 1.82) is 0 Å². The molecule has 2 saturated heterocycles. The van der Waals surface area contributed by atoms with Crippen molar-refractivity contribution in [3.8, 4) is 17.2 Å². The third-order valence-corrected chi connectivity index (χ3v) is 8.09. The molecule has 0 spiro atoms. The Morgan fingerprint density at radius 2 is 1.63 bits per heavy atom. The van der Waals surface area contributed by atoms with Gasteiger partial charge in [0, 0.05) is 18.4 Å². The Morgan fingerprint density at radius 3 is 2.18 bits per heavy atom. The standard InChI is InChI=1S/C24H27NO5S.C4H5NO2/c1-13-14(2)21-18(15(3)20(13)26)9-10-24(4,30-21)12-29-17-7-5-16(6-8-17)11-19-22(27)25-23(28)31-19;6-3-1-2-4(7)5-3/h5-8,19,26H,9-12H2,1-4H3,(H,25,27,28);1-2H2,(H,5,6,7). The maximum Gasteiger partial charge on any atom is 0.286 e. The molecule has 3 aliphatic rings. The predicted molar refractivity (Wildman–Crippen MR) is 143 cm³/mol. The summed E-state index contributed by atoms with van der Waals surface area (Å²) in [5, 5.41) is 14.1. The largest absolute Gasteiger partial charge is 0.507 e. The number of imide groups is 2. The average Bonchev–Trinajstić information content (AvgIpc) is 3.42. The zero-order valence-corrected chi connectivity index (χ0v) is 22.8. The van der Waals surface area contributed by atoms with Gasteiger partial charge in [0.2, 0.25) is 17.7 Å². The van der Waals surface area contributed by atoms with Gasteiger partial charge in [0.05, 0.1) is 5.25 Å². The Balaban J connectivity index is 0.000000417. The van der Waals surface area contributed by atoms with Gasteiger partial charge in [-0.15, -0.1) is 0 Å². The van der Waals surface area contributed by atoms with E-state index in [2.05, 4.69) is 10.6 Å². The molecule has 0 radical (unpaired) electrons. The molecule has 3 N–H and O–H groups in total. The summed E-state index contributed by atoms with van der Waals surface area (Å²) in [7, 11) is 0. The number of phenols is 1. The first-order valence-electron chi connectivity index (χ1n) is 12.5. The molecule has 0 saturated carbocycles. The van der Waals surface area contributed by atoms with E-state index in [1.54, 1.807) is 0 Å². The summed E-state index contributed by atoms with van der Waals surface area (Å²) in [6, 6.07) is 7.61.